The summed E-state index contributed by atoms with van der Waals surface area (Å²) in [5, 5.41) is 0.0339. The van der Waals surface area contributed by atoms with Gasteiger partial charge < -0.3 is 9.64 Å². The van der Waals surface area contributed by atoms with E-state index in [0.29, 0.717) is 6.54 Å². The molecule has 0 fully saturated rings. The second-order valence-electron chi connectivity index (χ2n) is 5.02. The van der Waals surface area contributed by atoms with Gasteiger partial charge >= 0.3 is 5.97 Å². The van der Waals surface area contributed by atoms with E-state index in [1.165, 1.54) is 6.20 Å². The number of pyridine rings is 1. The molecule has 0 N–H and O–H groups in total. The van der Waals surface area contributed by atoms with Crippen LogP contribution in [0, 0.1) is 0 Å². The molecule has 0 radical (unpaired) electrons. The molecule has 5 nitrogen and oxygen atoms in total. The Kier molecular flexibility index (Phi) is 5.74. The molecule has 0 saturated heterocycles. The van der Waals surface area contributed by atoms with E-state index >= 15 is 0 Å². The van der Waals surface area contributed by atoms with Crippen LogP contribution in [0.15, 0.2) is 35.4 Å². The van der Waals surface area contributed by atoms with Crippen molar-refractivity contribution < 1.29 is 14.3 Å². The van der Waals surface area contributed by atoms with Crippen molar-refractivity contribution in [3.8, 4) is 0 Å². The number of thioether (sulfide) groups is 1. The molecule has 3 rings (SSSR count). The summed E-state index contributed by atoms with van der Waals surface area (Å²) < 4.78 is 5.05. The molecular weight excluding hydrogens is 407 g/mol. The molecule has 0 spiro atoms. The highest BCUT2D eigenvalue weighted by Gasteiger charge is 2.25. The number of aromatic nitrogens is 1. The molecule has 9 heteroatoms. The average Bonchev–Trinajstić information content (AvgIpc) is 2.63. The van der Waals surface area contributed by atoms with Gasteiger partial charge in [0, 0.05) is 23.4 Å². The summed E-state index contributed by atoms with van der Waals surface area (Å²) in [7, 11) is 0. The molecule has 0 aliphatic carbocycles. The fourth-order valence-corrected chi connectivity index (χ4v) is 3.84. The molecule has 2 heterocycles. The van der Waals surface area contributed by atoms with Crippen molar-refractivity contribution in [2.45, 2.75) is 4.90 Å². The van der Waals surface area contributed by atoms with Crippen LogP contribution >= 0.6 is 46.6 Å². The zero-order valence-electron chi connectivity index (χ0n) is 12.7. The van der Waals surface area contributed by atoms with Crippen LogP contribution in [0.2, 0.25) is 15.1 Å². The molecule has 0 unspecified atom stereocenters. The van der Waals surface area contributed by atoms with E-state index < -0.39 is 12.6 Å². The maximum atomic E-state index is 12.4. The summed E-state index contributed by atoms with van der Waals surface area (Å²) in [6, 6.07) is 7.58. The number of para-hydroxylation sites is 1. The number of anilines is 1. The molecule has 25 heavy (non-hydrogen) atoms. The Morgan fingerprint density at radius 3 is 2.76 bits per heavy atom. The van der Waals surface area contributed by atoms with Gasteiger partial charge in [-0.05, 0) is 12.1 Å². The molecule has 1 aromatic heterocycles. The summed E-state index contributed by atoms with van der Waals surface area (Å²) in [6.07, 6.45) is 1.20. The molecule has 0 bridgehead atoms. The highest BCUT2D eigenvalue weighted by Crippen LogP contribution is 2.34. The maximum Gasteiger partial charge on any atom is 0.359 e. The van der Waals surface area contributed by atoms with Gasteiger partial charge in [-0.3, -0.25) is 4.79 Å². The first-order valence-corrected chi connectivity index (χ1v) is 9.30. The number of rotatable bonds is 3. The lowest BCUT2D eigenvalue weighted by Crippen LogP contribution is -2.38. The van der Waals surface area contributed by atoms with Crippen molar-refractivity contribution >= 4 is 64.1 Å². The van der Waals surface area contributed by atoms with Gasteiger partial charge in [0.05, 0.1) is 20.8 Å². The highest BCUT2D eigenvalue weighted by atomic mass is 35.5. The molecule has 2 aromatic rings. The zero-order valence-corrected chi connectivity index (χ0v) is 15.8. The number of fused-ring (bicyclic) bond motifs is 1. The lowest BCUT2D eigenvalue weighted by atomic mass is 10.2. The predicted octanol–water partition coefficient (Wildman–Crippen LogP) is 4.34. The number of amides is 1. The van der Waals surface area contributed by atoms with Crippen molar-refractivity contribution in [1.29, 1.82) is 0 Å². The molecule has 0 atom stereocenters. The number of carbonyl (C=O) groups is 2. The number of ether oxygens (including phenoxy) is 1. The monoisotopic (exact) mass is 416 g/mol. The van der Waals surface area contributed by atoms with Crippen LogP contribution in [0.1, 0.15) is 10.5 Å². The number of carbonyl (C=O) groups excluding carboxylic acids is 2. The van der Waals surface area contributed by atoms with E-state index in [0.717, 1.165) is 16.3 Å². The van der Waals surface area contributed by atoms with Gasteiger partial charge in [-0.1, -0.05) is 46.9 Å². The average molecular weight is 418 g/mol. The SMILES string of the molecule is O=C(OCC(=O)N1CCSc2ccccc21)c1ncc(Cl)c(Cl)c1Cl. The van der Waals surface area contributed by atoms with E-state index in [2.05, 4.69) is 4.98 Å². The number of hydrogen-bond acceptors (Lipinski definition) is 5. The van der Waals surface area contributed by atoms with Crippen LogP contribution in [-0.2, 0) is 9.53 Å². The molecular formula is C16H11Cl3N2O3S. The second kappa shape index (κ2) is 7.83. The Labute approximate surface area is 163 Å². The van der Waals surface area contributed by atoms with Crippen molar-refractivity contribution in [3.63, 3.8) is 0 Å². The Morgan fingerprint density at radius 2 is 1.96 bits per heavy atom. The Hall–Kier alpha value is -1.47. The third kappa shape index (κ3) is 3.87. The van der Waals surface area contributed by atoms with Gasteiger partial charge in [-0.15, -0.1) is 11.8 Å². The molecule has 1 aliphatic heterocycles. The first-order chi connectivity index (χ1) is 12.0. The minimum Gasteiger partial charge on any atom is -0.451 e. The van der Waals surface area contributed by atoms with Crippen LogP contribution in [0.25, 0.3) is 0 Å². The summed E-state index contributed by atoms with van der Waals surface area (Å²) in [5.74, 6) is -0.384. The van der Waals surface area contributed by atoms with Crippen molar-refractivity contribution in [2.75, 3.05) is 23.8 Å². The Bertz CT molecular complexity index is 847. The second-order valence-corrected chi connectivity index (χ2v) is 7.32. The van der Waals surface area contributed by atoms with E-state index in [-0.39, 0.29) is 26.7 Å². The summed E-state index contributed by atoms with van der Waals surface area (Å²) in [4.78, 5) is 31.0. The fraction of sp³-hybridized carbons (Fsp3) is 0.188. The van der Waals surface area contributed by atoms with Crippen LogP contribution in [0.5, 0.6) is 0 Å². The van der Waals surface area contributed by atoms with Crippen molar-refractivity contribution in [2.24, 2.45) is 0 Å². The third-order valence-electron chi connectivity index (χ3n) is 3.47. The molecule has 1 aromatic carbocycles. The van der Waals surface area contributed by atoms with Crippen molar-refractivity contribution in [3.05, 3.63) is 51.2 Å². The first-order valence-electron chi connectivity index (χ1n) is 7.18. The van der Waals surface area contributed by atoms with E-state index in [4.69, 9.17) is 39.5 Å². The zero-order chi connectivity index (χ0) is 18.0. The molecule has 0 saturated carbocycles. The highest BCUT2D eigenvalue weighted by molar-refractivity contribution is 7.99. The summed E-state index contributed by atoms with van der Waals surface area (Å²) in [5.41, 5.74) is 0.629. The standard InChI is InChI=1S/C16H11Cl3N2O3S/c17-9-7-20-15(14(19)13(9)18)16(23)24-8-12(22)21-5-6-25-11-4-2-1-3-10(11)21/h1-4,7H,5-6,8H2. The number of halogens is 3. The van der Waals surface area contributed by atoms with Gasteiger partial charge in [-0.2, -0.15) is 0 Å². The number of benzene rings is 1. The largest absolute Gasteiger partial charge is 0.451 e. The van der Waals surface area contributed by atoms with E-state index in [9.17, 15) is 9.59 Å². The number of esters is 1. The van der Waals surface area contributed by atoms with Crippen LogP contribution in [0.3, 0.4) is 0 Å². The summed E-state index contributed by atoms with van der Waals surface area (Å²) in [6.45, 7) is 0.125. The predicted molar refractivity (Wildman–Crippen MR) is 99.1 cm³/mol. The van der Waals surface area contributed by atoms with Crippen LogP contribution < -0.4 is 4.90 Å². The number of hydrogen-bond donors (Lipinski definition) is 0. The molecule has 1 amide bonds. The van der Waals surface area contributed by atoms with Crippen LogP contribution in [0.4, 0.5) is 5.69 Å². The maximum absolute atomic E-state index is 12.4. The topological polar surface area (TPSA) is 59.5 Å². The quantitative estimate of drug-likeness (QED) is 0.695. The molecule has 1 aliphatic rings. The minimum atomic E-state index is -0.836. The molecule has 130 valence electrons. The first kappa shape index (κ1) is 18.3. The lowest BCUT2D eigenvalue weighted by molar-refractivity contribution is -0.121. The Morgan fingerprint density at radius 1 is 1.20 bits per heavy atom. The van der Waals surface area contributed by atoms with Crippen LogP contribution in [-0.4, -0.2) is 35.8 Å². The van der Waals surface area contributed by atoms with Gasteiger partial charge in [0.15, 0.2) is 12.3 Å². The number of nitrogens with zero attached hydrogens (tertiary/aromatic N) is 2. The fourth-order valence-electron chi connectivity index (χ4n) is 2.29. The smallest absolute Gasteiger partial charge is 0.359 e. The normalized spacial score (nSPS) is 13.3. The van der Waals surface area contributed by atoms with Gasteiger partial charge in [0.2, 0.25) is 0 Å². The van der Waals surface area contributed by atoms with Gasteiger partial charge in [0.25, 0.3) is 5.91 Å². The van der Waals surface area contributed by atoms with Crippen molar-refractivity contribution in [1.82, 2.24) is 4.98 Å². The summed E-state index contributed by atoms with van der Waals surface area (Å²) >= 11 is 19.3. The Balaban J connectivity index is 1.69. The third-order valence-corrected chi connectivity index (χ3v) is 5.75. The lowest BCUT2D eigenvalue weighted by Gasteiger charge is -2.28. The van der Waals surface area contributed by atoms with Gasteiger partial charge in [-0.25, -0.2) is 9.78 Å². The minimum absolute atomic E-state index is 0.0126. The van der Waals surface area contributed by atoms with E-state index in [1.807, 2.05) is 24.3 Å². The van der Waals surface area contributed by atoms with E-state index in [1.54, 1.807) is 16.7 Å². The van der Waals surface area contributed by atoms with Gasteiger partial charge in [0.1, 0.15) is 0 Å².